The van der Waals surface area contributed by atoms with Crippen molar-refractivity contribution in [1.82, 2.24) is 0 Å². The van der Waals surface area contributed by atoms with Crippen molar-refractivity contribution in [2.24, 2.45) is 21.7 Å². The van der Waals surface area contributed by atoms with Gasteiger partial charge in [-0.1, -0.05) is 0 Å². The fourth-order valence-electron chi connectivity index (χ4n) is 1.53. The molecule has 0 aromatic heterocycles. The van der Waals surface area contributed by atoms with Crippen LogP contribution < -0.4 is 20.9 Å². The molecule has 0 aliphatic rings. The van der Waals surface area contributed by atoms with E-state index in [0.717, 1.165) is 0 Å². The van der Waals surface area contributed by atoms with E-state index in [1.807, 2.05) is 0 Å². The van der Waals surface area contributed by atoms with E-state index in [1.54, 1.807) is 19.9 Å². The highest BCUT2D eigenvalue weighted by atomic mass is 16.6. The van der Waals surface area contributed by atoms with E-state index >= 15 is 0 Å². The first-order chi connectivity index (χ1) is 9.99. The number of nitrogens with zero attached hydrogens (tertiary/aromatic N) is 3. The molecule has 0 amide bonds. The van der Waals surface area contributed by atoms with E-state index in [2.05, 4.69) is 10.2 Å². The number of hydrogen-bond donors (Lipinski definition) is 2. The fourth-order valence-corrected chi connectivity index (χ4v) is 1.53. The van der Waals surface area contributed by atoms with Gasteiger partial charge in [-0.15, -0.1) is 5.10 Å². The molecule has 1 aromatic rings. The van der Waals surface area contributed by atoms with Crippen LogP contribution in [0.5, 0.6) is 11.5 Å². The number of nitro groups is 1. The molecule has 0 fully saturated rings. The summed E-state index contributed by atoms with van der Waals surface area (Å²) < 4.78 is 10.7. The van der Waals surface area contributed by atoms with E-state index in [4.69, 9.17) is 20.9 Å². The average Bonchev–Trinajstić information content (AvgIpc) is 2.41. The lowest BCUT2D eigenvalue weighted by atomic mass is 10.2. The summed E-state index contributed by atoms with van der Waals surface area (Å²) in [4.78, 5) is 10.6. The van der Waals surface area contributed by atoms with Crippen LogP contribution in [0.2, 0.25) is 0 Å². The Balaban J connectivity index is 3.32. The molecule has 1 aromatic carbocycles. The van der Waals surface area contributed by atoms with Gasteiger partial charge >= 0.3 is 5.69 Å². The van der Waals surface area contributed by atoms with Crippen molar-refractivity contribution >= 4 is 17.9 Å². The monoisotopic (exact) mass is 295 g/mol. The van der Waals surface area contributed by atoms with Gasteiger partial charge in [0.15, 0.2) is 5.75 Å². The normalized spacial score (nSPS) is 10.4. The van der Waals surface area contributed by atoms with Gasteiger partial charge in [0.2, 0.25) is 11.7 Å². The summed E-state index contributed by atoms with van der Waals surface area (Å²) in [5.74, 6) is 0.139. The standard InChI is InChI=1S/C12H17N5O4/c1-3-20-10-6-8(7-15-16-12(13)14)5-9(17(18)19)11(10)21-4-2/h5-7H,3-4H2,1-2H3,(H4,13,14,16)/b15-7-. The van der Waals surface area contributed by atoms with Crippen LogP contribution in [0.3, 0.4) is 0 Å². The van der Waals surface area contributed by atoms with Crippen LogP contribution in [0.4, 0.5) is 5.69 Å². The Morgan fingerprint density at radius 1 is 1.33 bits per heavy atom. The smallest absolute Gasteiger partial charge is 0.315 e. The first-order valence-corrected chi connectivity index (χ1v) is 6.19. The van der Waals surface area contributed by atoms with Crippen molar-refractivity contribution in [1.29, 1.82) is 0 Å². The Hall–Kier alpha value is -2.84. The second-order valence-electron chi connectivity index (χ2n) is 3.76. The predicted octanol–water partition coefficient (Wildman–Crippen LogP) is 1.000. The van der Waals surface area contributed by atoms with Crippen molar-refractivity contribution in [2.45, 2.75) is 13.8 Å². The van der Waals surface area contributed by atoms with E-state index in [0.29, 0.717) is 12.2 Å². The summed E-state index contributed by atoms with van der Waals surface area (Å²) in [6, 6.07) is 2.87. The van der Waals surface area contributed by atoms with Crippen molar-refractivity contribution in [2.75, 3.05) is 13.2 Å². The molecule has 9 nitrogen and oxygen atoms in total. The van der Waals surface area contributed by atoms with Gasteiger partial charge in [0.1, 0.15) is 0 Å². The molecular formula is C12H17N5O4. The molecule has 0 radical (unpaired) electrons. The van der Waals surface area contributed by atoms with Crippen LogP contribution in [0.25, 0.3) is 0 Å². The van der Waals surface area contributed by atoms with Gasteiger partial charge in [0.25, 0.3) is 0 Å². The Morgan fingerprint density at radius 2 is 2.00 bits per heavy atom. The Labute approximate surface area is 121 Å². The average molecular weight is 295 g/mol. The molecule has 1 rings (SSSR count). The van der Waals surface area contributed by atoms with Crippen LogP contribution in [0, 0.1) is 10.1 Å². The molecule has 0 heterocycles. The quantitative estimate of drug-likeness (QED) is 0.333. The topological polar surface area (TPSA) is 138 Å². The van der Waals surface area contributed by atoms with Crippen LogP contribution in [0.15, 0.2) is 22.3 Å². The van der Waals surface area contributed by atoms with Crippen LogP contribution >= 0.6 is 0 Å². The molecule has 0 aliphatic carbocycles. The zero-order chi connectivity index (χ0) is 15.8. The SMILES string of the molecule is CCOc1cc(/C=N\N=C(N)N)cc([N+](=O)[O-])c1OCC. The van der Waals surface area contributed by atoms with Crippen molar-refractivity contribution in [3.05, 3.63) is 27.8 Å². The number of nitro benzene ring substituents is 1. The summed E-state index contributed by atoms with van der Waals surface area (Å²) in [6.45, 7) is 4.11. The summed E-state index contributed by atoms with van der Waals surface area (Å²) in [5.41, 5.74) is 10.5. The van der Waals surface area contributed by atoms with Crippen molar-refractivity contribution in [3.63, 3.8) is 0 Å². The zero-order valence-electron chi connectivity index (χ0n) is 11.8. The summed E-state index contributed by atoms with van der Waals surface area (Å²) in [5, 5.41) is 18.2. The third-order valence-electron chi connectivity index (χ3n) is 2.22. The molecule has 114 valence electrons. The highest BCUT2D eigenvalue weighted by molar-refractivity contribution is 5.84. The summed E-state index contributed by atoms with van der Waals surface area (Å²) >= 11 is 0. The molecule has 0 aliphatic heterocycles. The summed E-state index contributed by atoms with van der Waals surface area (Å²) in [7, 11) is 0. The van der Waals surface area contributed by atoms with Gasteiger partial charge in [-0.2, -0.15) is 5.10 Å². The third kappa shape index (κ3) is 4.64. The largest absolute Gasteiger partial charge is 0.490 e. The summed E-state index contributed by atoms with van der Waals surface area (Å²) in [6.07, 6.45) is 1.28. The molecule has 0 bridgehead atoms. The number of rotatable bonds is 7. The Bertz CT molecular complexity index is 567. The Kier molecular flexibility index (Phi) is 5.93. The number of ether oxygens (including phenoxy) is 2. The maximum absolute atomic E-state index is 11.1. The van der Waals surface area contributed by atoms with Gasteiger partial charge in [-0.3, -0.25) is 10.1 Å². The molecule has 0 unspecified atom stereocenters. The lowest BCUT2D eigenvalue weighted by Crippen LogP contribution is -2.21. The molecule has 9 heteroatoms. The van der Waals surface area contributed by atoms with E-state index in [-0.39, 0.29) is 29.8 Å². The molecule has 4 N–H and O–H groups in total. The van der Waals surface area contributed by atoms with Gasteiger partial charge in [-0.05, 0) is 19.9 Å². The highest BCUT2D eigenvalue weighted by Crippen LogP contribution is 2.38. The zero-order valence-corrected chi connectivity index (χ0v) is 11.8. The van der Waals surface area contributed by atoms with Gasteiger partial charge < -0.3 is 20.9 Å². The maximum Gasteiger partial charge on any atom is 0.315 e. The van der Waals surface area contributed by atoms with Crippen LogP contribution in [-0.4, -0.2) is 30.3 Å². The second kappa shape index (κ2) is 7.68. The maximum atomic E-state index is 11.1. The van der Waals surface area contributed by atoms with Gasteiger partial charge in [-0.25, -0.2) is 0 Å². The molecule has 0 saturated heterocycles. The van der Waals surface area contributed by atoms with Crippen molar-refractivity contribution in [3.8, 4) is 11.5 Å². The number of benzene rings is 1. The molecular weight excluding hydrogens is 278 g/mol. The second-order valence-corrected chi connectivity index (χ2v) is 3.76. The van der Waals surface area contributed by atoms with Crippen LogP contribution in [-0.2, 0) is 0 Å². The first kappa shape index (κ1) is 16.2. The minimum absolute atomic E-state index is 0.0864. The van der Waals surface area contributed by atoms with E-state index in [1.165, 1.54) is 12.3 Å². The van der Waals surface area contributed by atoms with E-state index < -0.39 is 4.92 Å². The van der Waals surface area contributed by atoms with Crippen LogP contribution in [0.1, 0.15) is 19.4 Å². The number of hydrogen-bond acceptors (Lipinski definition) is 6. The molecule has 0 saturated carbocycles. The number of guanidine groups is 1. The third-order valence-corrected chi connectivity index (χ3v) is 2.22. The van der Waals surface area contributed by atoms with Gasteiger partial charge in [0, 0.05) is 11.6 Å². The van der Waals surface area contributed by atoms with E-state index in [9.17, 15) is 10.1 Å². The minimum Gasteiger partial charge on any atom is -0.490 e. The molecule has 21 heavy (non-hydrogen) atoms. The predicted molar refractivity (Wildman–Crippen MR) is 78.8 cm³/mol. The fraction of sp³-hybridized carbons (Fsp3) is 0.333. The molecule has 0 spiro atoms. The lowest BCUT2D eigenvalue weighted by Gasteiger charge is -2.11. The highest BCUT2D eigenvalue weighted by Gasteiger charge is 2.21. The number of nitrogens with two attached hydrogens (primary N) is 2. The first-order valence-electron chi connectivity index (χ1n) is 6.19. The van der Waals surface area contributed by atoms with Gasteiger partial charge in [0.05, 0.1) is 24.4 Å². The lowest BCUT2D eigenvalue weighted by molar-refractivity contribution is -0.385. The minimum atomic E-state index is -0.550. The Morgan fingerprint density at radius 3 is 2.52 bits per heavy atom. The van der Waals surface area contributed by atoms with Crippen molar-refractivity contribution < 1.29 is 14.4 Å². The molecule has 0 atom stereocenters.